The predicted octanol–water partition coefficient (Wildman–Crippen LogP) is 4.03. The van der Waals surface area contributed by atoms with Gasteiger partial charge in [-0.05, 0) is 42.3 Å². The van der Waals surface area contributed by atoms with Gasteiger partial charge in [0.2, 0.25) is 5.91 Å². The number of aryl methyl sites for hydroxylation is 1. The molecule has 2 aromatic carbocycles. The number of hydrogen-bond donors (Lipinski definition) is 1. The summed E-state index contributed by atoms with van der Waals surface area (Å²) in [5, 5.41) is 3.82. The van der Waals surface area contributed by atoms with Crippen molar-refractivity contribution in [1.82, 2.24) is 4.98 Å². The van der Waals surface area contributed by atoms with Gasteiger partial charge < -0.3 is 9.73 Å². The van der Waals surface area contributed by atoms with Gasteiger partial charge in [0.25, 0.3) is 0 Å². The van der Waals surface area contributed by atoms with Crippen LogP contribution in [0.1, 0.15) is 11.1 Å². The molecule has 4 rings (SSSR count). The van der Waals surface area contributed by atoms with Crippen molar-refractivity contribution in [3.63, 3.8) is 0 Å². The van der Waals surface area contributed by atoms with Gasteiger partial charge in [0.1, 0.15) is 11.4 Å². The summed E-state index contributed by atoms with van der Waals surface area (Å²) in [5.74, 6) is -0.659. The molecule has 0 bridgehead atoms. The molecule has 0 atom stereocenters. The highest BCUT2D eigenvalue weighted by molar-refractivity contribution is 7.22. The van der Waals surface area contributed by atoms with Gasteiger partial charge in [-0.3, -0.25) is 4.79 Å². The van der Waals surface area contributed by atoms with Crippen LogP contribution in [0, 0.1) is 12.7 Å². The van der Waals surface area contributed by atoms with Crippen LogP contribution < -0.4 is 10.9 Å². The Balaban J connectivity index is 1.61. The number of rotatable bonds is 3. The van der Waals surface area contributed by atoms with Crippen molar-refractivity contribution in [3.8, 4) is 0 Å². The molecule has 0 radical (unpaired) electrons. The third-order valence-electron chi connectivity index (χ3n) is 3.93. The minimum absolute atomic E-state index is 0.00937. The summed E-state index contributed by atoms with van der Waals surface area (Å²) in [6, 6.07) is 11.1. The Hall–Kier alpha value is -3.06. The zero-order chi connectivity index (χ0) is 18.3. The van der Waals surface area contributed by atoms with Crippen molar-refractivity contribution in [2.45, 2.75) is 13.3 Å². The van der Waals surface area contributed by atoms with E-state index in [1.54, 1.807) is 12.1 Å². The fourth-order valence-corrected chi connectivity index (χ4v) is 3.68. The molecule has 2 heterocycles. The molecule has 130 valence electrons. The number of benzene rings is 2. The summed E-state index contributed by atoms with van der Waals surface area (Å²) in [6.45, 7) is 1.90. The summed E-state index contributed by atoms with van der Waals surface area (Å²) in [5.41, 5.74) is 2.12. The third-order valence-corrected chi connectivity index (χ3v) is 4.87. The van der Waals surface area contributed by atoms with Crippen molar-refractivity contribution in [2.24, 2.45) is 0 Å². The van der Waals surface area contributed by atoms with E-state index < -0.39 is 5.63 Å². The maximum absolute atomic E-state index is 13.3. The van der Waals surface area contributed by atoms with Crippen LogP contribution >= 0.6 is 11.3 Å². The van der Waals surface area contributed by atoms with Crippen LogP contribution in [-0.2, 0) is 11.2 Å². The second-order valence-corrected chi connectivity index (χ2v) is 6.98. The zero-order valence-corrected chi connectivity index (χ0v) is 14.5. The number of thiazole rings is 1. The minimum atomic E-state index is -0.499. The first-order valence-electron chi connectivity index (χ1n) is 7.87. The summed E-state index contributed by atoms with van der Waals surface area (Å²) < 4.78 is 19.1. The molecule has 26 heavy (non-hydrogen) atoms. The molecule has 0 aliphatic carbocycles. The summed E-state index contributed by atoms with van der Waals surface area (Å²) in [7, 11) is 0. The monoisotopic (exact) mass is 368 g/mol. The van der Waals surface area contributed by atoms with Gasteiger partial charge in [-0.2, -0.15) is 0 Å². The summed E-state index contributed by atoms with van der Waals surface area (Å²) in [6.07, 6.45) is 0.00937. The number of aromatic nitrogens is 1. The number of anilines is 1. The van der Waals surface area contributed by atoms with Crippen LogP contribution in [0.15, 0.2) is 51.7 Å². The normalized spacial score (nSPS) is 11.2. The molecular formula is C19H13FN2O3S. The molecule has 7 heteroatoms. The lowest BCUT2D eigenvalue weighted by atomic mass is 10.1. The number of amides is 1. The Labute approximate surface area is 151 Å². The Morgan fingerprint density at radius 2 is 2.08 bits per heavy atom. The number of nitrogens with zero attached hydrogens (tertiary/aromatic N) is 1. The van der Waals surface area contributed by atoms with Gasteiger partial charge >= 0.3 is 5.63 Å². The summed E-state index contributed by atoms with van der Waals surface area (Å²) >= 11 is 1.20. The Kier molecular flexibility index (Phi) is 4.00. The molecule has 0 aliphatic rings. The van der Waals surface area contributed by atoms with Gasteiger partial charge in [0, 0.05) is 11.5 Å². The second-order valence-electron chi connectivity index (χ2n) is 5.95. The Morgan fingerprint density at radius 3 is 2.92 bits per heavy atom. The van der Waals surface area contributed by atoms with E-state index in [-0.39, 0.29) is 18.1 Å². The SMILES string of the molecule is Cc1ccc2c(CC(=O)Nc3nc4ccc(F)cc4s3)cc(=O)oc2c1. The van der Waals surface area contributed by atoms with Crippen LogP contribution in [0.4, 0.5) is 9.52 Å². The lowest BCUT2D eigenvalue weighted by Gasteiger charge is -2.06. The molecule has 5 nitrogen and oxygen atoms in total. The topological polar surface area (TPSA) is 72.2 Å². The molecule has 0 spiro atoms. The highest BCUT2D eigenvalue weighted by Crippen LogP contribution is 2.27. The molecule has 2 aromatic heterocycles. The number of halogens is 1. The molecule has 4 aromatic rings. The largest absolute Gasteiger partial charge is 0.423 e. The number of hydrogen-bond acceptors (Lipinski definition) is 5. The molecule has 1 amide bonds. The number of nitrogens with one attached hydrogen (secondary N) is 1. The van der Waals surface area contributed by atoms with Gasteiger partial charge in [-0.1, -0.05) is 23.5 Å². The first kappa shape index (κ1) is 16.4. The average molecular weight is 368 g/mol. The lowest BCUT2D eigenvalue weighted by Crippen LogP contribution is -2.15. The fraction of sp³-hybridized carbons (Fsp3) is 0.105. The van der Waals surface area contributed by atoms with Crippen LogP contribution in [0.5, 0.6) is 0 Å². The molecule has 1 N–H and O–H groups in total. The predicted molar refractivity (Wildman–Crippen MR) is 99.1 cm³/mol. The molecule has 0 fully saturated rings. The van der Waals surface area contributed by atoms with E-state index in [1.807, 2.05) is 19.1 Å². The molecule has 0 saturated heterocycles. The van der Waals surface area contributed by atoms with Crippen molar-refractivity contribution >= 4 is 43.6 Å². The lowest BCUT2D eigenvalue weighted by molar-refractivity contribution is -0.115. The molecule has 0 unspecified atom stereocenters. The van der Waals surface area contributed by atoms with Gasteiger partial charge in [0.05, 0.1) is 16.6 Å². The third kappa shape index (κ3) is 3.21. The van der Waals surface area contributed by atoms with E-state index in [1.165, 1.54) is 29.5 Å². The zero-order valence-electron chi connectivity index (χ0n) is 13.7. The fourth-order valence-electron chi connectivity index (χ4n) is 2.77. The first-order chi connectivity index (χ1) is 12.5. The van der Waals surface area contributed by atoms with Gasteiger partial charge in [-0.15, -0.1) is 0 Å². The van der Waals surface area contributed by atoms with Crippen LogP contribution in [0.2, 0.25) is 0 Å². The van der Waals surface area contributed by atoms with Gasteiger partial charge in [0.15, 0.2) is 5.13 Å². The Bertz CT molecular complexity index is 1210. The van der Waals surface area contributed by atoms with E-state index in [0.717, 1.165) is 10.9 Å². The minimum Gasteiger partial charge on any atom is -0.423 e. The maximum Gasteiger partial charge on any atom is 0.336 e. The van der Waals surface area contributed by atoms with Crippen molar-refractivity contribution in [2.75, 3.05) is 5.32 Å². The second kappa shape index (κ2) is 6.34. The quantitative estimate of drug-likeness (QED) is 0.554. The number of carbonyl (C=O) groups excluding carboxylic acids is 1. The Morgan fingerprint density at radius 1 is 1.23 bits per heavy atom. The van der Waals surface area contributed by atoms with Crippen LogP contribution in [0.25, 0.3) is 21.2 Å². The smallest absolute Gasteiger partial charge is 0.336 e. The molecule has 0 aliphatic heterocycles. The van der Waals surface area contributed by atoms with Crippen LogP contribution in [-0.4, -0.2) is 10.9 Å². The first-order valence-corrected chi connectivity index (χ1v) is 8.69. The highest BCUT2D eigenvalue weighted by Gasteiger charge is 2.13. The molecule has 0 saturated carbocycles. The highest BCUT2D eigenvalue weighted by atomic mass is 32.1. The standard InChI is InChI=1S/C19H13FN2O3S/c1-10-2-4-13-11(8-18(24)25-15(13)6-10)7-17(23)22-19-21-14-5-3-12(20)9-16(14)26-19/h2-6,8-9H,7H2,1H3,(H,21,22,23). The van der Waals surface area contributed by atoms with E-state index in [9.17, 15) is 14.0 Å². The number of carbonyl (C=O) groups is 1. The van der Waals surface area contributed by atoms with Crippen molar-refractivity contribution < 1.29 is 13.6 Å². The van der Waals surface area contributed by atoms with Crippen molar-refractivity contribution in [3.05, 3.63) is 69.8 Å². The van der Waals surface area contributed by atoms with Crippen LogP contribution in [0.3, 0.4) is 0 Å². The van der Waals surface area contributed by atoms with E-state index in [4.69, 9.17) is 4.42 Å². The van der Waals surface area contributed by atoms with E-state index >= 15 is 0 Å². The average Bonchev–Trinajstić information content (AvgIpc) is 2.95. The van der Waals surface area contributed by atoms with Crippen molar-refractivity contribution in [1.29, 1.82) is 0 Å². The van der Waals surface area contributed by atoms with E-state index in [0.29, 0.717) is 26.5 Å². The maximum atomic E-state index is 13.3. The summed E-state index contributed by atoms with van der Waals surface area (Å²) in [4.78, 5) is 28.4. The number of fused-ring (bicyclic) bond motifs is 2. The van der Waals surface area contributed by atoms with Gasteiger partial charge in [-0.25, -0.2) is 14.2 Å². The molecular weight excluding hydrogens is 355 g/mol. The van der Waals surface area contributed by atoms with E-state index in [2.05, 4.69) is 10.3 Å².